The lowest BCUT2D eigenvalue weighted by molar-refractivity contribution is -0.131. The van der Waals surface area contributed by atoms with Gasteiger partial charge in [-0.05, 0) is 13.3 Å². The van der Waals surface area contributed by atoms with Crippen LogP contribution in [-0.2, 0) is 11.3 Å². The summed E-state index contributed by atoms with van der Waals surface area (Å²) < 4.78 is 1.46. The molecule has 2 rings (SSSR count). The zero-order valence-electron chi connectivity index (χ0n) is 9.26. The Morgan fingerprint density at radius 1 is 1.62 bits per heavy atom. The molecule has 0 saturated carbocycles. The van der Waals surface area contributed by atoms with Gasteiger partial charge < -0.3 is 10.6 Å². The molecule has 6 heteroatoms. The van der Waals surface area contributed by atoms with Gasteiger partial charge in [0, 0.05) is 13.1 Å². The minimum Gasteiger partial charge on any atom is -0.367 e. The molecule has 0 saturated heterocycles. The second-order valence-electron chi connectivity index (χ2n) is 3.94. The molecule has 0 spiro atoms. The maximum absolute atomic E-state index is 11.9. The lowest BCUT2D eigenvalue weighted by Crippen LogP contribution is -2.37. The standard InChI is InChI=1S/C10H15N5O/c1-8-2-4-14(5-3-8)9(16)6-15-7-12-10(11)13-15/h2,7H,3-6H2,1H3,(H2,11,13). The lowest BCUT2D eigenvalue weighted by atomic mass is 10.1. The van der Waals surface area contributed by atoms with Crippen molar-refractivity contribution in [2.75, 3.05) is 18.8 Å². The molecule has 0 radical (unpaired) electrons. The number of nitrogens with two attached hydrogens (primary N) is 1. The first-order valence-corrected chi connectivity index (χ1v) is 5.23. The number of carbonyl (C=O) groups is 1. The van der Waals surface area contributed by atoms with Crippen molar-refractivity contribution in [2.45, 2.75) is 19.9 Å². The largest absolute Gasteiger partial charge is 0.367 e. The van der Waals surface area contributed by atoms with E-state index >= 15 is 0 Å². The molecule has 0 fully saturated rings. The number of anilines is 1. The summed E-state index contributed by atoms with van der Waals surface area (Å²) in [4.78, 5) is 17.4. The molecule has 6 nitrogen and oxygen atoms in total. The van der Waals surface area contributed by atoms with E-state index in [4.69, 9.17) is 5.73 Å². The second kappa shape index (κ2) is 4.34. The average Bonchev–Trinajstić information content (AvgIpc) is 2.65. The molecular weight excluding hydrogens is 206 g/mol. The number of hydrogen-bond donors (Lipinski definition) is 1. The van der Waals surface area contributed by atoms with Crippen molar-refractivity contribution in [3.05, 3.63) is 18.0 Å². The van der Waals surface area contributed by atoms with Crippen molar-refractivity contribution in [1.82, 2.24) is 19.7 Å². The molecule has 86 valence electrons. The van der Waals surface area contributed by atoms with Crippen LogP contribution in [0.2, 0.25) is 0 Å². The van der Waals surface area contributed by atoms with Crippen LogP contribution in [0.3, 0.4) is 0 Å². The van der Waals surface area contributed by atoms with Gasteiger partial charge in [0.1, 0.15) is 12.9 Å². The number of hydrogen-bond acceptors (Lipinski definition) is 4. The van der Waals surface area contributed by atoms with E-state index < -0.39 is 0 Å². The van der Waals surface area contributed by atoms with Gasteiger partial charge in [-0.25, -0.2) is 9.67 Å². The minimum absolute atomic E-state index is 0.0497. The fourth-order valence-electron chi connectivity index (χ4n) is 1.62. The second-order valence-corrected chi connectivity index (χ2v) is 3.94. The maximum atomic E-state index is 11.9. The van der Waals surface area contributed by atoms with Gasteiger partial charge >= 0.3 is 0 Å². The highest BCUT2D eigenvalue weighted by atomic mass is 16.2. The molecule has 0 aliphatic carbocycles. The third-order valence-electron chi connectivity index (χ3n) is 2.64. The lowest BCUT2D eigenvalue weighted by Gasteiger charge is -2.25. The van der Waals surface area contributed by atoms with Crippen molar-refractivity contribution >= 4 is 11.9 Å². The molecular formula is C10H15N5O. The third-order valence-corrected chi connectivity index (χ3v) is 2.64. The highest BCUT2D eigenvalue weighted by molar-refractivity contribution is 5.76. The first-order valence-electron chi connectivity index (χ1n) is 5.23. The van der Waals surface area contributed by atoms with Crippen LogP contribution < -0.4 is 5.73 Å². The minimum atomic E-state index is 0.0497. The average molecular weight is 221 g/mol. The van der Waals surface area contributed by atoms with E-state index in [1.807, 2.05) is 4.90 Å². The van der Waals surface area contributed by atoms with Crippen LogP contribution in [-0.4, -0.2) is 38.7 Å². The number of amides is 1. The summed E-state index contributed by atoms with van der Waals surface area (Å²) in [5.41, 5.74) is 6.72. The zero-order chi connectivity index (χ0) is 11.5. The Balaban J connectivity index is 1.94. The monoisotopic (exact) mass is 221 g/mol. The third kappa shape index (κ3) is 2.39. The highest BCUT2D eigenvalue weighted by Crippen LogP contribution is 2.09. The van der Waals surface area contributed by atoms with Gasteiger partial charge in [0.15, 0.2) is 0 Å². The SMILES string of the molecule is CC1=CCN(C(=O)Cn2cnc(N)n2)CC1. The van der Waals surface area contributed by atoms with Crippen LogP contribution in [0.5, 0.6) is 0 Å². The summed E-state index contributed by atoms with van der Waals surface area (Å²) in [6.45, 7) is 3.76. The molecule has 1 aliphatic rings. The molecule has 0 atom stereocenters. The predicted molar refractivity (Wildman–Crippen MR) is 59.4 cm³/mol. The Kier molecular flexibility index (Phi) is 2.89. The van der Waals surface area contributed by atoms with E-state index in [0.717, 1.165) is 13.0 Å². The maximum Gasteiger partial charge on any atom is 0.244 e. The van der Waals surface area contributed by atoms with E-state index in [2.05, 4.69) is 23.1 Å². The van der Waals surface area contributed by atoms with Gasteiger partial charge in [0.05, 0.1) is 0 Å². The number of nitrogens with zero attached hydrogens (tertiary/aromatic N) is 4. The van der Waals surface area contributed by atoms with Gasteiger partial charge in [0.25, 0.3) is 0 Å². The first kappa shape index (κ1) is 10.7. The summed E-state index contributed by atoms with van der Waals surface area (Å²) in [5.74, 6) is 0.246. The molecule has 2 N–H and O–H groups in total. The Hall–Kier alpha value is -1.85. The Morgan fingerprint density at radius 2 is 2.44 bits per heavy atom. The van der Waals surface area contributed by atoms with Crippen molar-refractivity contribution in [2.24, 2.45) is 0 Å². The van der Waals surface area contributed by atoms with Crippen molar-refractivity contribution in [1.29, 1.82) is 0 Å². The molecule has 0 bridgehead atoms. The molecule has 0 unspecified atom stereocenters. The van der Waals surface area contributed by atoms with Gasteiger partial charge in [-0.15, -0.1) is 5.10 Å². The van der Waals surface area contributed by atoms with Crippen LogP contribution in [0.25, 0.3) is 0 Å². The molecule has 0 aromatic carbocycles. The number of aromatic nitrogens is 3. The van der Waals surface area contributed by atoms with Crippen LogP contribution in [0.1, 0.15) is 13.3 Å². The summed E-state index contributed by atoms with van der Waals surface area (Å²) in [6.07, 6.45) is 4.50. The smallest absolute Gasteiger partial charge is 0.244 e. The summed E-state index contributed by atoms with van der Waals surface area (Å²) in [7, 11) is 0. The summed E-state index contributed by atoms with van der Waals surface area (Å²) in [6, 6.07) is 0. The summed E-state index contributed by atoms with van der Waals surface area (Å²) >= 11 is 0. The van der Waals surface area contributed by atoms with Gasteiger partial charge in [-0.1, -0.05) is 11.6 Å². The molecule has 2 heterocycles. The Bertz CT molecular complexity index is 423. The van der Waals surface area contributed by atoms with Crippen LogP contribution in [0, 0.1) is 0 Å². The van der Waals surface area contributed by atoms with Crippen LogP contribution in [0.15, 0.2) is 18.0 Å². The van der Waals surface area contributed by atoms with Crippen LogP contribution in [0.4, 0.5) is 5.95 Å². The van der Waals surface area contributed by atoms with Gasteiger partial charge in [-0.2, -0.15) is 0 Å². The molecule has 16 heavy (non-hydrogen) atoms. The number of rotatable bonds is 2. The number of nitrogen functional groups attached to an aromatic ring is 1. The molecule has 1 aromatic heterocycles. The van der Waals surface area contributed by atoms with Crippen molar-refractivity contribution in [3.63, 3.8) is 0 Å². The van der Waals surface area contributed by atoms with E-state index in [0.29, 0.717) is 6.54 Å². The summed E-state index contributed by atoms with van der Waals surface area (Å²) in [5, 5.41) is 3.88. The molecule has 1 aliphatic heterocycles. The van der Waals surface area contributed by atoms with Crippen molar-refractivity contribution in [3.8, 4) is 0 Å². The van der Waals surface area contributed by atoms with Gasteiger partial charge in [-0.3, -0.25) is 4.79 Å². The first-order chi connectivity index (χ1) is 7.65. The van der Waals surface area contributed by atoms with Crippen LogP contribution >= 0.6 is 0 Å². The molecule has 1 aromatic rings. The quantitative estimate of drug-likeness (QED) is 0.715. The Morgan fingerprint density at radius 3 is 3.00 bits per heavy atom. The predicted octanol–water partition coefficient (Wildman–Crippen LogP) is 0.0389. The Labute approximate surface area is 93.7 Å². The van der Waals surface area contributed by atoms with E-state index in [9.17, 15) is 4.79 Å². The normalized spacial score (nSPS) is 16.1. The van der Waals surface area contributed by atoms with E-state index in [-0.39, 0.29) is 18.4 Å². The highest BCUT2D eigenvalue weighted by Gasteiger charge is 2.16. The fourth-order valence-corrected chi connectivity index (χ4v) is 1.62. The van der Waals surface area contributed by atoms with E-state index in [1.54, 1.807) is 0 Å². The topological polar surface area (TPSA) is 77.0 Å². The van der Waals surface area contributed by atoms with Crippen molar-refractivity contribution < 1.29 is 4.79 Å². The molecule has 1 amide bonds. The van der Waals surface area contributed by atoms with E-state index in [1.165, 1.54) is 16.6 Å². The fraction of sp³-hybridized carbons (Fsp3) is 0.500. The van der Waals surface area contributed by atoms with Gasteiger partial charge in [0.2, 0.25) is 11.9 Å². The zero-order valence-corrected chi connectivity index (χ0v) is 9.26. The number of carbonyl (C=O) groups excluding carboxylic acids is 1.